The van der Waals surface area contributed by atoms with E-state index in [9.17, 15) is 4.79 Å². The Morgan fingerprint density at radius 2 is 1.72 bits per heavy atom. The van der Waals surface area contributed by atoms with E-state index in [2.05, 4.69) is 40.5 Å². The van der Waals surface area contributed by atoms with Crippen molar-refractivity contribution in [2.45, 2.75) is 58.0 Å². The van der Waals surface area contributed by atoms with Crippen molar-refractivity contribution in [1.29, 1.82) is 0 Å². The summed E-state index contributed by atoms with van der Waals surface area (Å²) in [5, 5.41) is 8.56. The van der Waals surface area contributed by atoms with Crippen molar-refractivity contribution in [3.05, 3.63) is 113 Å². The molecule has 2 atom stereocenters. The number of piperidine rings is 1. The molecule has 46 heavy (non-hydrogen) atoms. The number of nitrogens with zero attached hydrogens (tertiary/aromatic N) is 3. The van der Waals surface area contributed by atoms with Crippen LogP contribution in [0.15, 0.2) is 95.5 Å². The first-order valence-electron chi connectivity index (χ1n) is 15.3. The summed E-state index contributed by atoms with van der Waals surface area (Å²) in [4.78, 5) is 22.4. The quantitative estimate of drug-likeness (QED) is 0.147. The van der Waals surface area contributed by atoms with Gasteiger partial charge in [0.1, 0.15) is 11.4 Å². The number of halogens is 1. The number of hydroxylamine groups is 2. The van der Waals surface area contributed by atoms with Crippen molar-refractivity contribution in [1.82, 2.24) is 15.2 Å². The highest BCUT2D eigenvalue weighted by molar-refractivity contribution is 6.33. The molecule has 238 valence electrons. The summed E-state index contributed by atoms with van der Waals surface area (Å²) in [6.45, 7) is 6.92. The van der Waals surface area contributed by atoms with Gasteiger partial charge in [-0.2, -0.15) is 4.98 Å². The highest BCUT2D eigenvalue weighted by atomic mass is 35.5. The number of hydrogen-bond donors (Lipinski definition) is 0. The Morgan fingerprint density at radius 1 is 0.957 bits per heavy atom. The third-order valence-electron chi connectivity index (χ3n) is 7.65. The Labute approximate surface area is 272 Å². The molecule has 0 radical (unpaired) electrons. The molecule has 1 aromatic heterocycles. The van der Waals surface area contributed by atoms with Gasteiger partial charge < -0.3 is 23.6 Å². The number of ether oxygens (including phenoxy) is 3. The van der Waals surface area contributed by atoms with Gasteiger partial charge in [0.05, 0.1) is 24.3 Å². The number of rotatable bonds is 9. The summed E-state index contributed by atoms with van der Waals surface area (Å²) < 4.78 is 23.2. The average Bonchev–Trinajstić information content (AvgIpc) is 3.51. The van der Waals surface area contributed by atoms with E-state index in [0.29, 0.717) is 47.7 Å². The maximum atomic E-state index is 12.4. The first kappa shape index (κ1) is 31.5. The second kappa shape index (κ2) is 13.9. The summed E-state index contributed by atoms with van der Waals surface area (Å²) in [6, 6.07) is 29.8. The third-order valence-corrected chi connectivity index (χ3v) is 7.98. The van der Waals surface area contributed by atoms with Crippen LogP contribution < -0.4 is 4.74 Å². The predicted molar refractivity (Wildman–Crippen MR) is 174 cm³/mol. The normalized spacial score (nSPS) is 17.1. The van der Waals surface area contributed by atoms with Gasteiger partial charge in [-0.1, -0.05) is 77.4 Å². The van der Waals surface area contributed by atoms with Crippen LogP contribution in [0.5, 0.6) is 5.75 Å². The minimum absolute atomic E-state index is 0.0714. The van der Waals surface area contributed by atoms with Crippen LogP contribution in [0, 0.1) is 0 Å². The lowest BCUT2D eigenvalue weighted by atomic mass is 9.87. The Bertz CT molecular complexity index is 1780. The van der Waals surface area contributed by atoms with E-state index in [-0.39, 0.29) is 18.6 Å². The molecule has 1 aliphatic heterocycles. The van der Waals surface area contributed by atoms with E-state index >= 15 is 0 Å². The summed E-state index contributed by atoms with van der Waals surface area (Å²) >= 11 is 6.26. The molecule has 2 heterocycles. The van der Waals surface area contributed by atoms with E-state index in [0.717, 1.165) is 22.9 Å². The molecule has 0 bridgehead atoms. The molecule has 0 amide bonds. The maximum absolute atomic E-state index is 12.4. The third kappa shape index (κ3) is 8.04. The molecule has 6 rings (SSSR count). The molecule has 10 heteroatoms. The van der Waals surface area contributed by atoms with Gasteiger partial charge in [0.25, 0.3) is 5.89 Å². The van der Waals surface area contributed by atoms with Crippen molar-refractivity contribution < 1.29 is 28.4 Å². The summed E-state index contributed by atoms with van der Waals surface area (Å²) in [5.74, 6) is 1.50. The number of carbonyl (C=O) groups is 1. The maximum Gasteiger partial charge on any atom is 0.528 e. The molecule has 1 saturated heterocycles. The van der Waals surface area contributed by atoms with Crippen LogP contribution in [0.25, 0.3) is 22.2 Å². The van der Waals surface area contributed by atoms with E-state index in [1.165, 1.54) is 5.39 Å². The topological polar surface area (TPSA) is 96.2 Å². The zero-order valence-corrected chi connectivity index (χ0v) is 26.8. The van der Waals surface area contributed by atoms with E-state index in [4.69, 9.17) is 35.2 Å². The second-order valence-electron chi connectivity index (χ2n) is 12.2. The zero-order valence-electron chi connectivity index (χ0n) is 26.0. The fraction of sp³-hybridized carbons (Fsp3) is 0.306. The van der Waals surface area contributed by atoms with Crippen molar-refractivity contribution >= 4 is 28.5 Å². The molecule has 1 fully saturated rings. The highest BCUT2D eigenvalue weighted by Crippen LogP contribution is 2.33. The van der Waals surface area contributed by atoms with Gasteiger partial charge in [-0.25, -0.2) is 4.79 Å². The Kier molecular flexibility index (Phi) is 9.53. The molecule has 1 aliphatic rings. The van der Waals surface area contributed by atoms with Gasteiger partial charge in [-0.05, 0) is 79.4 Å². The SMILES string of the molecule is CC(C)(C)OC(=O)ON1CCC(c2ccc(OCc3nc(-c4ccccc4Cl)no3)cc2)C(OCc2ccc3ccccc3c2)C1. The minimum Gasteiger partial charge on any atom is -0.484 e. The molecule has 0 saturated carbocycles. The fourth-order valence-electron chi connectivity index (χ4n) is 5.45. The molecule has 9 nitrogen and oxygen atoms in total. The van der Waals surface area contributed by atoms with Gasteiger partial charge in [0, 0.05) is 18.0 Å². The largest absolute Gasteiger partial charge is 0.528 e. The van der Waals surface area contributed by atoms with E-state index in [1.807, 2.05) is 75.4 Å². The predicted octanol–water partition coefficient (Wildman–Crippen LogP) is 8.36. The standard InChI is InChI=1S/C36H36ClN3O6/c1-36(2,3)44-35(41)46-40-19-18-29(32(21-40)43-22-24-12-13-25-8-4-5-9-27(25)20-24)26-14-16-28(17-15-26)42-23-33-38-34(39-45-33)30-10-6-7-11-31(30)37/h4-17,20,29,32H,18-19,21-23H2,1-3H3. The van der Waals surface area contributed by atoms with Crippen molar-refractivity contribution in [3.63, 3.8) is 0 Å². The monoisotopic (exact) mass is 641 g/mol. The zero-order chi connectivity index (χ0) is 32.1. The van der Waals surface area contributed by atoms with Gasteiger partial charge in [-0.3, -0.25) is 0 Å². The van der Waals surface area contributed by atoms with Crippen molar-refractivity contribution in [2.24, 2.45) is 0 Å². The summed E-state index contributed by atoms with van der Waals surface area (Å²) in [7, 11) is 0. The van der Waals surface area contributed by atoms with Crippen LogP contribution in [0.1, 0.15) is 50.1 Å². The van der Waals surface area contributed by atoms with Gasteiger partial charge in [-0.15, -0.1) is 5.06 Å². The van der Waals surface area contributed by atoms with Crippen molar-refractivity contribution in [2.75, 3.05) is 13.1 Å². The van der Waals surface area contributed by atoms with Gasteiger partial charge >= 0.3 is 6.16 Å². The molecule has 5 aromatic rings. The van der Waals surface area contributed by atoms with Crippen LogP contribution >= 0.6 is 11.6 Å². The molecule has 0 N–H and O–H groups in total. The van der Waals surface area contributed by atoms with Crippen LogP contribution in [-0.4, -0.2) is 46.2 Å². The Hall–Kier alpha value is -4.44. The van der Waals surface area contributed by atoms with Gasteiger partial charge in [0.15, 0.2) is 6.61 Å². The lowest BCUT2D eigenvalue weighted by molar-refractivity contribution is -0.179. The van der Waals surface area contributed by atoms with Crippen LogP contribution in [0.4, 0.5) is 4.79 Å². The number of fused-ring (bicyclic) bond motifs is 1. The smallest absolute Gasteiger partial charge is 0.484 e. The summed E-state index contributed by atoms with van der Waals surface area (Å²) in [6.07, 6.45) is -0.241. The fourth-order valence-corrected chi connectivity index (χ4v) is 5.67. The van der Waals surface area contributed by atoms with Crippen LogP contribution in [0.3, 0.4) is 0 Å². The minimum atomic E-state index is -0.721. The van der Waals surface area contributed by atoms with Crippen molar-refractivity contribution in [3.8, 4) is 17.1 Å². The van der Waals surface area contributed by atoms with Gasteiger partial charge in [0.2, 0.25) is 5.82 Å². The highest BCUT2D eigenvalue weighted by Gasteiger charge is 2.34. The average molecular weight is 642 g/mol. The number of carbonyl (C=O) groups excluding carboxylic acids is 1. The lowest BCUT2D eigenvalue weighted by Gasteiger charge is -2.37. The molecular formula is C36H36ClN3O6. The first-order chi connectivity index (χ1) is 22.2. The number of aromatic nitrogens is 2. The molecule has 0 aliphatic carbocycles. The number of benzene rings is 4. The van der Waals surface area contributed by atoms with Crippen LogP contribution in [0.2, 0.25) is 5.02 Å². The molecule has 0 spiro atoms. The summed E-state index contributed by atoms with van der Waals surface area (Å²) in [5.41, 5.74) is 2.23. The van der Waals surface area contributed by atoms with Crippen LogP contribution in [-0.2, 0) is 27.5 Å². The number of hydrogen-bond acceptors (Lipinski definition) is 9. The van der Waals surface area contributed by atoms with E-state index in [1.54, 1.807) is 11.1 Å². The first-order valence-corrected chi connectivity index (χ1v) is 15.6. The Balaban J connectivity index is 1.12. The molecular weight excluding hydrogens is 606 g/mol. The second-order valence-corrected chi connectivity index (χ2v) is 12.6. The molecule has 2 unspecified atom stereocenters. The lowest BCUT2D eigenvalue weighted by Crippen LogP contribution is -2.45. The Morgan fingerprint density at radius 3 is 2.50 bits per heavy atom. The molecule has 4 aromatic carbocycles. The van der Waals surface area contributed by atoms with E-state index < -0.39 is 11.8 Å².